The van der Waals surface area contributed by atoms with E-state index in [9.17, 15) is 9.90 Å². The first-order chi connectivity index (χ1) is 12.9. The fraction of sp³-hybridized carbons (Fsp3) is 0.200. The number of hydrogen-bond acceptors (Lipinski definition) is 5. The average molecular weight is 447 g/mol. The summed E-state index contributed by atoms with van der Waals surface area (Å²) in [7, 11) is 1.49. The van der Waals surface area contributed by atoms with Gasteiger partial charge in [-0.05, 0) is 77.4 Å². The summed E-state index contributed by atoms with van der Waals surface area (Å²) in [6, 6.07) is 13.0. The number of rotatable bonds is 4. The third kappa shape index (κ3) is 4.20. The normalized spacial score (nSPS) is 17.4. The number of ether oxygens (including phenoxy) is 1. The Balaban J connectivity index is 2.00. The highest BCUT2D eigenvalue weighted by molar-refractivity contribution is 9.10. The maximum Gasteiger partial charge on any atom is 0.266 e. The van der Waals surface area contributed by atoms with Crippen molar-refractivity contribution in [3.05, 3.63) is 57.4 Å². The molecule has 1 amide bonds. The Bertz CT molecular complexity index is 926. The molecule has 2 aromatic rings. The summed E-state index contributed by atoms with van der Waals surface area (Å²) < 4.78 is 5.68. The molecule has 1 aliphatic heterocycles. The number of aromatic hydroxyl groups is 1. The second-order valence-electron chi connectivity index (χ2n) is 6.16. The lowest BCUT2D eigenvalue weighted by Gasteiger charge is -2.19. The van der Waals surface area contributed by atoms with Crippen LogP contribution in [-0.4, -0.2) is 34.2 Å². The van der Waals surface area contributed by atoms with E-state index in [1.807, 2.05) is 44.2 Å². The predicted molar refractivity (Wildman–Crippen MR) is 113 cm³/mol. The quantitative estimate of drug-likeness (QED) is 0.657. The molecule has 0 bridgehead atoms. The molecule has 0 radical (unpaired) electrons. The lowest BCUT2D eigenvalue weighted by molar-refractivity contribution is -0.123. The first-order valence-electron chi connectivity index (χ1n) is 8.34. The lowest BCUT2D eigenvalue weighted by Crippen LogP contribution is -2.35. The maximum atomic E-state index is 12.9. The molecule has 0 spiro atoms. The molecule has 1 fully saturated rings. The summed E-state index contributed by atoms with van der Waals surface area (Å²) in [5.74, 6) is 0.276. The average Bonchev–Trinajstić information content (AvgIpc) is 2.94. The molecule has 0 atom stereocenters. The third-order valence-corrected chi connectivity index (χ3v) is 5.49. The van der Waals surface area contributed by atoms with Gasteiger partial charge in [0, 0.05) is 6.04 Å². The van der Waals surface area contributed by atoms with Gasteiger partial charge in [0.25, 0.3) is 5.91 Å². The van der Waals surface area contributed by atoms with E-state index in [0.29, 0.717) is 20.3 Å². The maximum absolute atomic E-state index is 12.9. The van der Waals surface area contributed by atoms with Gasteiger partial charge in [-0.3, -0.25) is 9.69 Å². The van der Waals surface area contributed by atoms with Crippen LogP contribution >= 0.6 is 27.7 Å². The number of para-hydroxylation sites is 1. The van der Waals surface area contributed by atoms with Crippen LogP contribution < -0.4 is 4.74 Å². The smallest absolute Gasteiger partial charge is 0.266 e. The van der Waals surface area contributed by atoms with E-state index < -0.39 is 0 Å². The molecule has 0 saturated carbocycles. The third-order valence-electron chi connectivity index (χ3n) is 3.90. The lowest BCUT2D eigenvalue weighted by atomic mass is 10.2. The Kier molecular flexibility index (Phi) is 5.92. The molecule has 0 unspecified atom stereocenters. The van der Waals surface area contributed by atoms with Gasteiger partial charge in [0.2, 0.25) is 0 Å². The molecule has 27 heavy (non-hydrogen) atoms. The number of phenolic OH excluding ortho intramolecular Hbond substituents is 1. The zero-order valence-electron chi connectivity index (χ0n) is 15.1. The minimum Gasteiger partial charge on any atom is -0.503 e. The molecular weight excluding hydrogens is 428 g/mol. The Hall–Kier alpha value is -2.25. The van der Waals surface area contributed by atoms with E-state index in [0.717, 1.165) is 11.3 Å². The number of benzene rings is 2. The number of thioether (sulfide) groups is 1. The van der Waals surface area contributed by atoms with E-state index >= 15 is 0 Å². The number of carbonyl (C=O) groups excluding carboxylic acids is 1. The number of halogens is 1. The molecule has 0 aliphatic carbocycles. The van der Waals surface area contributed by atoms with Gasteiger partial charge in [-0.25, -0.2) is 4.99 Å². The summed E-state index contributed by atoms with van der Waals surface area (Å²) in [5.41, 5.74) is 1.55. The zero-order chi connectivity index (χ0) is 19.6. The predicted octanol–water partition coefficient (Wildman–Crippen LogP) is 5.18. The van der Waals surface area contributed by atoms with E-state index in [2.05, 4.69) is 20.9 Å². The Morgan fingerprint density at radius 1 is 1.26 bits per heavy atom. The Morgan fingerprint density at radius 2 is 1.96 bits per heavy atom. The molecule has 1 heterocycles. The van der Waals surface area contributed by atoms with Gasteiger partial charge < -0.3 is 9.84 Å². The topological polar surface area (TPSA) is 62.1 Å². The van der Waals surface area contributed by atoms with Crippen LogP contribution in [-0.2, 0) is 4.79 Å². The Labute approximate surface area is 170 Å². The summed E-state index contributed by atoms with van der Waals surface area (Å²) in [5, 5.41) is 10.6. The zero-order valence-corrected chi connectivity index (χ0v) is 17.5. The van der Waals surface area contributed by atoms with Crippen LogP contribution in [0.4, 0.5) is 5.69 Å². The molecule has 2 aromatic carbocycles. The molecule has 1 aliphatic rings. The van der Waals surface area contributed by atoms with Crippen molar-refractivity contribution in [1.29, 1.82) is 0 Å². The SMILES string of the molecule is COc1cc(/C=C2/SC(=Nc3ccccc3)N(C(C)C)C2=O)cc(Br)c1O. The van der Waals surface area contributed by atoms with Gasteiger partial charge in [-0.1, -0.05) is 18.2 Å². The number of methoxy groups -OCH3 is 1. The minimum absolute atomic E-state index is 0.0144. The molecule has 1 saturated heterocycles. The molecule has 3 rings (SSSR count). The van der Waals surface area contributed by atoms with Crippen LogP contribution in [0.1, 0.15) is 19.4 Å². The largest absolute Gasteiger partial charge is 0.503 e. The number of amides is 1. The van der Waals surface area contributed by atoms with Gasteiger partial charge >= 0.3 is 0 Å². The van der Waals surface area contributed by atoms with Crippen molar-refractivity contribution in [2.45, 2.75) is 19.9 Å². The van der Waals surface area contributed by atoms with Crippen molar-refractivity contribution >= 4 is 50.5 Å². The molecule has 0 aromatic heterocycles. The van der Waals surface area contributed by atoms with E-state index in [-0.39, 0.29) is 17.7 Å². The second kappa shape index (κ2) is 8.19. The van der Waals surface area contributed by atoms with Crippen molar-refractivity contribution in [1.82, 2.24) is 4.90 Å². The first-order valence-corrected chi connectivity index (χ1v) is 9.95. The molecular formula is C20H19BrN2O3S. The van der Waals surface area contributed by atoms with Crippen LogP contribution in [0.15, 0.2) is 56.8 Å². The van der Waals surface area contributed by atoms with Crippen LogP contribution in [0.3, 0.4) is 0 Å². The van der Waals surface area contributed by atoms with Gasteiger partial charge in [0.1, 0.15) is 0 Å². The number of hydrogen-bond donors (Lipinski definition) is 1. The van der Waals surface area contributed by atoms with E-state index in [1.54, 1.807) is 23.1 Å². The monoisotopic (exact) mass is 446 g/mol. The van der Waals surface area contributed by atoms with Crippen LogP contribution in [0.2, 0.25) is 0 Å². The van der Waals surface area contributed by atoms with Crippen LogP contribution in [0.5, 0.6) is 11.5 Å². The van der Waals surface area contributed by atoms with Crippen LogP contribution in [0.25, 0.3) is 6.08 Å². The summed E-state index contributed by atoms with van der Waals surface area (Å²) in [4.78, 5) is 19.8. The summed E-state index contributed by atoms with van der Waals surface area (Å²) in [6.45, 7) is 3.92. The Morgan fingerprint density at radius 3 is 2.59 bits per heavy atom. The highest BCUT2D eigenvalue weighted by atomic mass is 79.9. The molecule has 1 N–H and O–H groups in total. The molecule has 140 valence electrons. The van der Waals surface area contributed by atoms with Gasteiger partial charge in [0.05, 0.1) is 22.2 Å². The number of nitrogens with zero attached hydrogens (tertiary/aromatic N) is 2. The minimum atomic E-state index is -0.0900. The van der Waals surface area contributed by atoms with Crippen molar-refractivity contribution in [3.8, 4) is 11.5 Å². The number of aliphatic imine (C=N–C) groups is 1. The first kappa shape index (κ1) is 19.5. The van der Waals surface area contributed by atoms with Crippen molar-refractivity contribution in [3.63, 3.8) is 0 Å². The van der Waals surface area contributed by atoms with Crippen molar-refractivity contribution < 1.29 is 14.6 Å². The highest BCUT2D eigenvalue weighted by Gasteiger charge is 2.35. The van der Waals surface area contributed by atoms with Crippen molar-refractivity contribution in [2.24, 2.45) is 4.99 Å². The number of phenols is 1. The van der Waals surface area contributed by atoms with E-state index in [4.69, 9.17) is 4.74 Å². The number of carbonyl (C=O) groups is 1. The molecule has 7 heteroatoms. The van der Waals surface area contributed by atoms with E-state index in [1.165, 1.54) is 18.9 Å². The fourth-order valence-corrected chi connectivity index (χ4v) is 4.20. The van der Waals surface area contributed by atoms with Gasteiger partial charge in [0.15, 0.2) is 16.7 Å². The second-order valence-corrected chi connectivity index (χ2v) is 8.03. The summed E-state index contributed by atoms with van der Waals surface area (Å²) in [6.07, 6.45) is 1.78. The highest BCUT2D eigenvalue weighted by Crippen LogP contribution is 2.39. The van der Waals surface area contributed by atoms with Gasteiger partial charge in [-0.2, -0.15) is 0 Å². The standard InChI is InChI=1S/C20H19BrN2O3S/c1-12(2)23-19(25)17(27-20(23)22-14-7-5-4-6-8-14)11-13-9-15(21)18(24)16(10-13)26-3/h4-12,24H,1-3H3/b17-11+,22-20?. The van der Waals surface area contributed by atoms with Gasteiger partial charge in [-0.15, -0.1) is 0 Å². The summed E-state index contributed by atoms with van der Waals surface area (Å²) >= 11 is 4.65. The van der Waals surface area contributed by atoms with Crippen molar-refractivity contribution in [2.75, 3.05) is 7.11 Å². The number of amidine groups is 1. The fourth-order valence-electron chi connectivity index (χ4n) is 2.62. The van der Waals surface area contributed by atoms with Crippen LogP contribution in [0, 0.1) is 0 Å². The molecule has 5 nitrogen and oxygen atoms in total.